The molecule has 0 aliphatic carbocycles. The summed E-state index contributed by atoms with van der Waals surface area (Å²) < 4.78 is 0. The number of amides is 1. The van der Waals surface area contributed by atoms with Crippen LogP contribution >= 0.6 is 0 Å². The zero-order valence-corrected chi connectivity index (χ0v) is 7.60. The van der Waals surface area contributed by atoms with E-state index in [1.165, 1.54) is 0 Å². The van der Waals surface area contributed by atoms with Crippen molar-refractivity contribution in [2.24, 2.45) is 0 Å². The Balaban J connectivity index is 3.15. The second-order valence-corrected chi connectivity index (χ2v) is 2.72. The first-order valence-electron chi connectivity index (χ1n) is 4.45. The molecular formula is C9H16N2O. The lowest BCUT2D eigenvalue weighted by molar-refractivity contribution is -0.120. The van der Waals surface area contributed by atoms with Gasteiger partial charge >= 0.3 is 0 Å². The van der Waals surface area contributed by atoms with Crippen molar-refractivity contribution in [3.05, 3.63) is 0 Å². The van der Waals surface area contributed by atoms with Crippen LogP contribution < -0.4 is 5.32 Å². The molecule has 0 bridgehead atoms. The molecule has 0 unspecified atom stereocenters. The molecule has 0 aliphatic rings. The zero-order chi connectivity index (χ0) is 9.23. The molecule has 0 saturated heterocycles. The summed E-state index contributed by atoms with van der Waals surface area (Å²) in [5.74, 6) is -0.00680. The summed E-state index contributed by atoms with van der Waals surface area (Å²) in [7, 11) is 0. The highest BCUT2D eigenvalue weighted by Gasteiger charge is 1.97. The fraction of sp³-hybridized carbons (Fsp3) is 0.778. The van der Waals surface area contributed by atoms with Crippen LogP contribution in [0.25, 0.3) is 0 Å². The van der Waals surface area contributed by atoms with Crippen molar-refractivity contribution in [1.29, 1.82) is 5.26 Å². The lowest BCUT2D eigenvalue weighted by Crippen LogP contribution is -2.23. The minimum Gasteiger partial charge on any atom is -0.356 e. The van der Waals surface area contributed by atoms with Crippen LogP contribution in [0.2, 0.25) is 0 Å². The van der Waals surface area contributed by atoms with Crippen LogP contribution in [0.4, 0.5) is 0 Å². The normalized spacial score (nSPS) is 9.00. The smallest absolute Gasteiger partial charge is 0.221 e. The topological polar surface area (TPSA) is 52.9 Å². The number of nitriles is 1. The molecule has 0 atom stereocenters. The predicted molar refractivity (Wildman–Crippen MR) is 47.4 cm³/mol. The van der Waals surface area contributed by atoms with E-state index in [0.29, 0.717) is 12.8 Å². The summed E-state index contributed by atoms with van der Waals surface area (Å²) in [4.78, 5) is 10.9. The van der Waals surface area contributed by atoms with Gasteiger partial charge in [0.1, 0.15) is 0 Å². The van der Waals surface area contributed by atoms with Crippen LogP contribution in [0.15, 0.2) is 0 Å². The van der Waals surface area contributed by atoms with E-state index in [9.17, 15) is 4.79 Å². The summed E-state index contributed by atoms with van der Waals surface area (Å²) in [5, 5.41) is 11.0. The number of carbonyl (C=O) groups is 1. The molecule has 0 heterocycles. The molecule has 0 aromatic rings. The molecule has 0 rings (SSSR count). The van der Waals surface area contributed by atoms with Crippen LogP contribution in [-0.4, -0.2) is 12.5 Å². The molecule has 0 fully saturated rings. The number of nitrogens with zero attached hydrogens (tertiary/aromatic N) is 1. The molecule has 0 aromatic carbocycles. The third-order valence-corrected chi connectivity index (χ3v) is 1.57. The standard InChI is InChI=1S/C9H16N2O/c1-2-3-4-8-11-9(12)6-5-7-10/h2-6,8H2,1H3,(H,11,12). The molecule has 3 nitrogen and oxygen atoms in total. The maximum absolute atomic E-state index is 10.9. The third kappa shape index (κ3) is 7.07. The van der Waals surface area contributed by atoms with Crippen LogP contribution in [0.5, 0.6) is 0 Å². The SMILES string of the molecule is CCCCCNC(=O)CCC#N. The first kappa shape index (κ1) is 11.0. The summed E-state index contributed by atoms with van der Waals surface area (Å²) in [6.45, 7) is 2.87. The molecule has 12 heavy (non-hydrogen) atoms. The second kappa shape index (κ2) is 8.06. The van der Waals surface area contributed by atoms with Crippen LogP contribution in [0.3, 0.4) is 0 Å². The van der Waals surface area contributed by atoms with Gasteiger partial charge in [-0.15, -0.1) is 0 Å². The number of hydrogen-bond donors (Lipinski definition) is 1. The average Bonchev–Trinajstić information content (AvgIpc) is 2.09. The third-order valence-electron chi connectivity index (χ3n) is 1.57. The summed E-state index contributed by atoms with van der Waals surface area (Å²) >= 11 is 0. The Labute approximate surface area is 73.8 Å². The Bertz CT molecular complexity index is 160. The van der Waals surface area contributed by atoms with Gasteiger partial charge < -0.3 is 5.32 Å². The molecule has 1 N–H and O–H groups in total. The number of hydrogen-bond acceptors (Lipinski definition) is 2. The maximum Gasteiger partial charge on any atom is 0.221 e. The van der Waals surface area contributed by atoms with Crippen molar-refractivity contribution in [1.82, 2.24) is 5.32 Å². The Hall–Kier alpha value is -1.04. The van der Waals surface area contributed by atoms with Crippen LogP contribution in [-0.2, 0) is 4.79 Å². The monoisotopic (exact) mass is 168 g/mol. The van der Waals surface area contributed by atoms with Crippen LogP contribution in [0.1, 0.15) is 39.0 Å². The van der Waals surface area contributed by atoms with E-state index in [1.54, 1.807) is 0 Å². The van der Waals surface area contributed by atoms with Crippen molar-refractivity contribution in [2.75, 3.05) is 6.54 Å². The van der Waals surface area contributed by atoms with Gasteiger partial charge in [-0.2, -0.15) is 5.26 Å². The quantitative estimate of drug-likeness (QED) is 0.612. The molecule has 0 aromatic heterocycles. The molecular weight excluding hydrogens is 152 g/mol. The first-order valence-corrected chi connectivity index (χ1v) is 4.45. The van der Waals surface area contributed by atoms with Crippen molar-refractivity contribution < 1.29 is 4.79 Å². The summed E-state index contributed by atoms with van der Waals surface area (Å²) in [6.07, 6.45) is 4.00. The highest BCUT2D eigenvalue weighted by Crippen LogP contribution is 1.92. The fourth-order valence-corrected chi connectivity index (χ4v) is 0.861. The van der Waals surface area contributed by atoms with E-state index in [4.69, 9.17) is 5.26 Å². The Morgan fingerprint density at radius 2 is 2.25 bits per heavy atom. The van der Waals surface area contributed by atoms with E-state index < -0.39 is 0 Å². The van der Waals surface area contributed by atoms with Gasteiger partial charge in [0.05, 0.1) is 6.07 Å². The van der Waals surface area contributed by atoms with E-state index in [2.05, 4.69) is 12.2 Å². The van der Waals surface area contributed by atoms with Gasteiger partial charge in [0.25, 0.3) is 0 Å². The highest BCUT2D eigenvalue weighted by atomic mass is 16.1. The summed E-state index contributed by atoms with van der Waals surface area (Å²) in [6, 6.07) is 1.94. The average molecular weight is 168 g/mol. The Morgan fingerprint density at radius 1 is 1.50 bits per heavy atom. The Morgan fingerprint density at radius 3 is 2.83 bits per heavy atom. The lowest BCUT2D eigenvalue weighted by atomic mass is 10.2. The van der Waals surface area contributed by atoms with Gasteiger partial charge in [-0.05, 0) is 6.42 Å². The largest absolute Gasteiger partial charge is 0.356 e. The number of unbranched alkanes of at least 4 members (excludes halogenated alkanes) is 2. The molecule has 68 valence electrons. The minimum absolute atomic E-state index is 0.00680. The molecule has 3 heteroatoms. The van der Waals surface area contributed by atoms with E-state index in [1.807, 2.05) is 6.07 Å². The molecule has 0 spiro atoms. The van der Waals surface area contributed by atoms with Gasteiger partial charge in [0.15, 0.2) is 0 Å². The number of carbonyl (C=O) groups excluding carboxylic acids is 1. The molecule has 0 radical (unpaired) electrons. The molecule has 0 aliphatic heterocycles. The van der Waals surface area contributed by atoms with Gasteiger partial charge in [0, 0.05) is 19.4 Å². The molecule has 0 saturated carbocycles. The predicted octanol–water partition coefficient (Wildman–Crippen LogP) is 1.60. The van der Waals surface area contributed by atoms with E-state index >= 15 is 0 Å². The van der Waals surface area contributed by atoms with Crippen molar-refractivity contribution in [3.8, 4) is 6.07 Å². The first-order chi connectivity index (χ1) is 5.81. The fourth-order valence-electron chi connectivity index (χ4n) is 0.861. The highest BCUT2D eigenvalue weighted by molar-refractivity contribution is 5.75. The molecule has 1 amide bonds. The van der Waals surface area contributed by atoms with E-state index in [-0.39, 0.29) is 5.91 Å². The maximum atomic E-state index is 10.9. The van der Waals surface area contributed by atoms with E-state index in [0.717, 1.165) is 25.8 Å². The van der Waals surface area contributed by atoms with Gasteiger partial charge in [-0.25, -0.2) is 0 Å². The zero-order valence-electron chi connectivity index (χ0n) is 7.60. The lowest BCUT2D eigenvalue weighted by Gasteiger charge is -2.01. The van der Waals surface area contributed by atoms with Crippen molar-refractivity contribution in [2.45, 2.75) is 39.0 Å². The minimum atomic E-state index is -0.00680. The summed E-state index contributed by atoms with van der Waals surface area (Å²) in [5.41, 5.74) is 0. The number of rotatable bonds is 6. The van der Waals surface area contributed by atoms with Crippen LogP contribution in [0, 0.1) is 11.3 Å². The van der Waals surface area contributed by atoms with Gasteiger partial charge in [-0.3, -0.25) is 4.79 Å². The van der Waals surface area contributed by atoms with Gasteiger partial charge in [0.2, 0.25) is 5.91 Å². The van der Waals surface area contributed by atoms with Crippen molar-refractivity contribution in [3.63, 3.8) is 0 Å². The second-order valence-electron chi connectivity index (χ2n) is 2.72. The van der Waals surface area contributed by atoms with Gasteiger partial charge in [-0.1, -0.05) is 19.8 Å². The number of nitrogens with one attached hydrogen (secondary N) is 1. The van der Waals surface area contributed by atoms with Crippen molar-refractivity contribution >= 4 is 5.91 Å². The Kier molecular flexibility index (Phi) is 7.36.